The Morgan fingerprint density at radius 1 is 1.19 bits per heavy atom. The van der Waals surface area contributed by atoms with E-state index in [-0.39, 0.29) is 5.60 Å². The van der Waals surface area contributed by atoms with E-state index in [0.717, 1.165) is 23.7 Å². The van der Waals surface area contributed by atoms with Gasteiger partial charge in [-0.15, -0.1) is 0 Å². The molecule has 0 amide bonds. The van der Waals surface area contributed by atoms with E-state index in [9.17, 15) is 0 Å². The van der Waals surface area contributed by atoms with Gasteiger partial charge in [-0.2, -0.15) is 0 Å². The number of rotatable bonds is 3. The van der Waals surface area contributed by atoms with Crippen LogP contribution >= 0.6 is 11.6 Å². The van der Waals surface area contributed by atoms with E-state index in [1.807, 2.05) is 19.2 Å². The molecule has 0 saturated carbocycles. The normalized spacial score (nSPS) is 15.6. The van der Waals surface area contributed by atoms with Crippen LogP contribution in [0.15, 0.2) is 36.4 Å². The Balaban J connectivity index is 2.03. The number of nitrogens with one attached hydrogen (secondary N) is 1. The van der Waals surface area contributed by atoms with Crippen molar-refractivity contribution in [3.63, 3.8) is 0 Å². The van der Waals surface area contributed by atoms with Crippen LogP contribution in [0.3, 0.4) is 0 Å². The molecule has 0 atom stereocenters. The second-order valence-electron chi connectivity index (χ2n) is 6.19. The van der Waals surface area contributed by atoms with Gasteiger partial charge in [0.05, 0.1) is 0 Å². The lowest BCUT2D eigenvalue weighted by Crippen LogP contribution is -2.24. The van der Waals surface area contributed by atoms with Gasteiger partial charge in [0.25, 0.3) is 0 Å². The van der Waals surface area contributed by atoms with Gasteiger partial charge in [-0.3, -0.25) is 0 Å². The van der Waals surface area contributed by atoms with Crippen molar-refractivity contribution in [1.82, 2.24) is 5.32 Å². The highest BCUT2D eigenvalue weighted by atomic mass is 35.5. The average Bonchev–Trinajstić information content (AvgIpc) is 2.72. The first kappa shape index (κ1) is 14.4. The molecule has 2 nitrogen and oxygen atoms in total. The first-order valence-corrected chi connectivity index (χ1v) is 7.62. The molecular formula is C18H20ClNO. The van der Waals surface area contributed by atoms with Crippen LogP contribution in [0, 0.1) is 0 Å². The van der Waals surface area contributed by atoms with Gasteiger partial charge in [0, 0.05) is 18.0 Å². The molecule has 2 aromatic carbocycles. The lowest BCUT2D eigenvalue weighted by Gasteiger charge is -2.16. The van der Waals surface area contributed by atoms with Gasteiger partial charge >= 0.3 is 0 Å². The summed E-state index contributed by atoms with van der Waals surface area (Å²) in [5.74, 6) is 1.01. The highest BCUT2D eigenvalue weighted by molar-refractivity contribution is 6.30. The molecule has 1 N–H and O–H groups in total. The van der Waals surface area contributed by atoms with Gasteiger partial charge in [-0.1, -0.05) is 23.7 Å². The van der Waals surface area contributed by atoms with Crippen molar-refractivity contribution in [1.29, 1.82) is 0 Å². The summed E-state index contributed by atoms with van der Waals surface area (Å²) in [4.78, 5) is 0. The van der Waals surface area contributed by atoms with Crippen LogP contribution in [0.5, 0.6) is 5.75 Å². The van der Waals surface area contributed by atoms with Gasteiger partial charge in [0.1, 0.15) is 11.4 Å². The molecule has 110 valence electrons. The number of fused-ring (bicyclic) bond motifs is 1. The van der Waals surface area contributed by atoms with E-state index < -0.39 is 0 Å². The Labute approximate surface area is 131 Å². The zero-order valence-corrected chi connectivity index (χ0v) is 13.4. The molecule has 0 radical (unpaired) electrons. The van der Waals surface area contributed by atoms with Crippen molar-refractivity contribution in [2.45, 2.75) is 32.4 Å². The average molecular weight is 302 g/mol. The summed E-state index contributed by atoms with van der Waals surface area (Å²) < 4.78 is 5.95. The van der Waals surface area contributed by atoms with Gasteiger partial charge < -0.3 is 10.1 Å². The lowest BCUT2D eigenvalue weighted by molar-refractivity contribution is 0.138. The van der Waals surface area contributed by atoms with E-state index in [2.05, 4.69) is 43.4 Å². The van der Waals surface area contributed by atoms with Crippen molar-refractivity contribution < 1.29 is 4.74 Å². The minimum atomic E-state index is -0.102. The Hall–Kier alpha value is -1.51. The highest BCUT2D eigenvalue weighted by Crippen LogP contribution is 2.38. The first-order chi connectivity index (χ1) is 9.98. The van der Waals surface area contributed by atoms with Gasteiger partial charge in [-0.25, -0.2) is 0 Å². The Bertz CT molecular complexity index is 679. The summed E-state index contributed by atoms with van der Waals surface area (Å²) in [5.41, 5.74) is 4.83. The number of ether oxygens (including phenoxy) is 1. The summed E-state index contributed by atoms with van der Waals surface area (Å²) in [6, 6.07) is 12.5. The number of benzene rings is 2. The summed E-state index contributed by atoms with van der Waals surface area (Å²) >= 11 is 6.12. The smallest absolute Gasteiger partial charge is 0.123 e. The predicted molar refractivity (Wildman–Crippen MR) is 88.1 cm³/mol. The largest absolute Gasteiger partial charge is 0.487 e. The van der Waals surface area contributed by atoms with Crippen LogP contribution in [0.4, 0.5) is 0 Å². The molecule has 0 spiro atoms. The molecule has 3 rings (SSSR count). The zero-order chi connectivity index (χ0) is 15.0. The fourth-order valence-corrected chi connectivity index (χ4v) is 3.15. The molecule has 21 heavy (non-hydrogen) atoms. The van der Waals surface area contributed by atoms with Crippen LogP contribution < -0.4 is 10.1 Å². The second kappa shape index (κ2) is 5.36. The van der Waals surface area contributed by atoms with E-state index in [4.69, 9.17) is 16.3 Å². The third kappa shape index (κ3) is 2.92. The molecule has 0 aromatic heterocycles. The lowest BCUT2D eigenvalue weighted by atomic mass is 9.95. The SMILES string of the molecule is CNCc1cc(Cl)ccc1-c1ccc2c(c1)CC(C)(C)O2. The molecule has 1 heterocycles. The third-order valence-corrected chi connectivity index (χ3v) is 4.04. The van der Waals surface area contributed by atoms with Crippen molar-refractivity contribution in [3.05, 3.63) is 52.5 Å². The minimum absolute atomic E-state index is 0.102. The van der Waals surface area contributed by atoms with E-state index in [1.54, 1.807) is 0 Å². The fraction of sp³-hybridized carbons (Fsp3) is 0.333. The van der Waals surface area contributed by atoms with Crippen LogP contribution in [-0.2, 0) is 13.0 Å². The molecule has 0 bridgehead atoms. The molecule has 2 aromatic rings. The molecule has 0 aliphatic carbocycles. The quantitative estimate of drug-likeness (QED) is 0.905. The molecule has 3 heteroatoms. The fourth-order valence-electron chi connectivity index (χ4n) is 2.96. The zero-order valence-electron chi connectivity index (χ0n) is 12.7. The number of halogens is 1. The van der Waals surface area contributed by atoms with Crippen LogP contribution in [-0.4, -0.2) is 12.6 Å². The molecule has 1 aliphatic heterocycles. The molecule has 1 aliphatic rings. The molecule has 0 unspecified atom stereocenters. The molecule has 0 fully saturated rings. The second-order valence-corrected chi connectivity index (χ2v) is 6.63. The monoisotopic (exact) mass is 301 g/mol. The molecular weight excluding hydrogens is 282 g/mol. The standard InChI is InChI=1S/C18H20ClNO/c1-18(2)10-13-8-12(4-7-17(13)21-18)16-6-5-15(19)9-14(16)11-20-3/h4-9,20H,10-11H2,1-3H3. The summed E-state index contributed by atoms with van der Waals surface area (Å²) in [6.45, 7) is 5.05. The predicted octanol–water partition coefficient (Wildman–Crippen LogP) is 4.44. The van der Waals surface area contributed by atoms with E-state index in [0.29, 0.717) is 0 Å². The van der Waals surface area contributed by atoms with Crippen molar-refractivity contribution in [2.75, 3.05) is 7.05 Å². The summed E-state index contributed by atoms with van der Waals surface area (Å²) in [6.07, 6.45) is 0.950. The summed E-state index contributed by atoms with van der Waals surface area (Å²) in [7, 11) is 1.95. The van der Waals surface area contributed by atoms with Gasteiger partial charge in [-0.05, 0) is 67.4 Å². The molecule has 0 saturated heterocycles. The van der Waals surface area contributed by atoms with Crippen LogP contribution in [0.2, 0.25) is 5.02 Å². The maximum atomic E-state index is 6.12. The van der Waals surface area contributed by atoms with Crippen LogP contribution in [0.25, 0.3) is 11.1 Å². The maximum absolute atomic E-state index is 6.12. The Morgan fingerprint density at radius 2 is 2.00 bits per heavy atom. The Kier molecular flexibility index (Phi) is 3.68. The van der Waals surface area contributed by atoms with Crippen LogP contribution in [0.1, 0.15) is 25.0 Å². The van der Waals surface area contributed by atoms with Crippen molar-refractivity contribution in [3.8, 4) is 16.9 Å². The van der Waals surface area contributed by atoms with Gasteiger partial charge in [0.2, 0.25) is 0 Å². The number of hydrogen-bond acceptors (Lipinski definition) is 2. The maximum Gasteiger partial charge on any atom is 0.123 e. The van der Waals surface area contributed by atoms with Crippen molar-refractivity contribution >= 4 is 11.6 Å². The summed E-state index contributed by atoms with van der Waals surface area (Å²) in [5, 5.41) is 3.98. The van der Waals surface area contributed by atoms with Crippen molar-refractivity contribution in [2.24, 2.45) is 0 Å². The topological polar surface area (TPSA) is 21.3 Å². The van der Waals surface area contributed by atoms with E-state index >= 15 is 0 Å². The van der Waals surface area contributed by atoms with Gasteiger partial charge in [0.15, 0.2) is 0 Å². The Morgan fingerprint density at radius 3 is 2.76 bits per heavy atom. The third-order valence-electron chi connectivity index (χ3n) is 3.81. The first-order valence-electron chi connectivity index (χ1n) is 7.24. The van der Waals surface area contributed by atoms with E-state index in [1.165, 1.54) is 22.3 Å². The minimum Gasteiger partial charge on any atom is -0.487 e. The number of hydrogen-bond donors (Lipinski definition) is 1. The highest BCUT2D eigenvalue weighted by Gasteiger charge is 2.30.